The van der Waals surface area contributed by atoms with Crippen LogP contribution in [0.2, 0.25) is 0 Å². The Labute approximate surface area is 59.1 Å². The molecular formula is C8H8FN. The lowest BCUT2D eigenvalue weighted by molar-refractivity contribution is 0.420. The van der Waals surface area contributed by atoms with E-state index in [9.17, 15) is 4.48 Å². The molecule has 10 heavy (non-hydrogen) atoms. The van der Waals surface area contributed by atoms with Crippen molar-refractivity contribution in [3.63, 3.8) is 0 Å². The molecule has 0 unspecified atom stereocenters. The van der Waals surface area contributed by atoms with E-state index in [1.165, 1.54) is 5.54 Å². The van der Waals surface area contributed by atoms with E-state index in [1.807, 2.05) is 18.2 Å². The summed E-state index contributed by atoms with van der Waals surface area (Å²) in [5, 5.41) is 0. The summed E-state index contributed by atoms with van der Waals surface area (Å²) in [4.78, 5) is 0. The minimum atomic E-state index is 0.292. The summed E-state index contributed by atoms with van der Waals surface area (Å²) in [7, 11) is 0. The normalized spacial score (nSPS) is 8.90. The highest BCUT2D eigenvalue weighted by Crippen LogP contribution is 2.07. The zero-order valence-corrected chi connectivity index (χ0v) is 5.47. The fourth-order valence-electron chi connectivity index (χ4n) is 0.694. The molecule has 0 amide bonds. The van der Waals surface area contributed by atoms with Gasteiger partial charge in [-0.3, -0.25) is 0 Å². The highest BCUT2D eigenvalue weighted by Gasteiger charge is 1.92. The van der Waals surface area contributed by atoms with Crippen LogP contribution in [0.25, 0.3) is 5.70 Å². The average Bonchev–Trinajstić information content (AvgIpc) is 2.05. The fourth-order valence-corrected chi connectivity index (χ4v) is 0.694. The summed E-state index contributed by atoms with van der Waals surface area (Å²) < 4.78 is 11.7. The average molecular weight is 137 g/mol. The van der Waals surface area contributed by atoms with Gasteiger partial charge in [-0.1, -0.05) is 36.9 Å². The molecule has 0 aliphatic rings. The standard InChI is InChI=1S/C8H8FN/c1-7(10-9)8-5-3-2-4-6-8/h2-6,10H,1H2. The Kier molecular flexibility index (Phi) is 2.05. The van der Waals surface area contributed by atoms with Crippen LogP contribution in [0.4, 0.5) is 4.48 Å². The van der Waals surface area contributed by atoms with Gasteiger partial charge >= 0.3 is 0 Å². The molecule has 0 saturated heterocycles. The van der Waals surface area contributed by atoms with Gasteiger partial charge in [0.25, 0.3) is 0 Å². The summed E-state index contributed by atoms with van der Waals surface area (Å²) in [6, 6.07) is 9.11. The molecule has 0 saturated carbocycles. The molecule has 1 N–H and O–H groups in total. The third-order valence-electron chi connectivity index (χ3n) is 1.24. The third-order valence-corrected chi connectivity index (χ3v) is 1.24. The van der Waals surface area contributed by atoms with Crippen molar-refractivity contribution >= 4 is 5.70 Å². The van der Waals surface area contributed by atoms with E-state index in [0.29, 0.717) is 5.70 Å². The maximum absolute atomic E-state index is 11.7. The van der Waals surface area contributed by atoms with Crippen LogP contribution in [0.5, 0.6) is 0 Å². The van der Waals surface area contributed by atoms with Crippen molar-refractivity contribution in [1.29, 1.82) is 0 Å². The Balaban J connectivity index is 2.85. The summed E-state index contributed by atoms with van der Waals surface area (Å²) in [5.41, 5.74) is 2.55. The monoisotopic (exact) mass is 137 g/mol. The Morgan fingerprint density at radius 1 is 1.30 bits per heavy atom. The Morgan fingerprint density at radius 3 is 2.40 bits per heavy atom. The summed E-state index contributed by atoms with van der Waals surface area (Å²) >= 11 is 0. The lowest BCUT2D eigenvalue weighted by atomic mass is 10.2. The lowest BCUT2D eigenvalue weighted by Gasteiger charge is -1.98. The van der Waals surface area contributed by atoms with E-state index in [1.54, 1.807) is 12.1 Å². The van der Waals surface area contributed by atoms with Crippen molar-refractivity contribution in [3.05, 3.63) is 42.5 Å². The molecule has 1 nitrogen and oxygen atoms in total. The van der Waals surface area contributed by atoms with Gasteiger partial charge in [0, 0.05) is 0 Å². The fraction of sp³-hybridized carbons (Fsp3) is 0. The molecule has 0 atom stereocenters. The smallest absolute Gasteiger partial charge is 0.0656 e. The molecular weight excluding hydrogens is 129 g/mol. The van der Waals surface area contributed by atoms with Crippen molar-refractivity contribution in [1.82, 2.24) is 5.54 Å². The van der Waals surface area contributed by atoms with E-state index in [2.05, 4.69) is 6.58 Å². The highest BCUT2D eigenvalue weighted by atomic mass is 19.2. The predicted molar refractivity (Wildman–Crippen MR) is 39.7 cm³/mol. The first kappa shape index (κ1) is 6.81. The zero-order chi connectivity index (χ0) is 7.40. The number of rotatable bonds is 2. The molecule has 2 heteroatoms. The topological polar surface area (TPSA) is 12.0 Å². The third kappa shape index (κ3) is 1.35. The maximum Gasteiger partial charge on any atom is 0.0656 e. The van der Waals surface area contributed by atoms with Crippen LogP contribution in [-0.4, -0.2) is 0 Å². The number of hydrogen-bond acceptors (Lipinski definition) is 1. The molecule has 0 fully saturated rings. The van der Waals surface area contributed by atoms with E-state index >= 15 is 0 Å². The Hall–Kier alpha value is -1.31. The van der Waals surface area contributed by atoms with Crippen LogP contribution in [-0.2, 0) is 0 Å². The molecule has 1 aromatic rings. The van der Waals surface area contributed by atoms with Gasteiger partial charge in [-0.2, -0.15) is 0 Å². The van der Waals surface area contributed by atoms with Crippen LogP contribution >= 0.6 is 0 Å². The van der Waals surface area contributed by atoms with Crippen LogP contribution < -0.4 is 5.54 Å². The largest absolute Gasteiger partial charge is 0.225 e. The van der Waals surface area contributed by atoms with Crippen LogP contribution in [0.15, 0.2) is 36.9 Å². The molecule has 0 spiro atoms. The van der Waals surface area contributed by atoms with Gasteiger partial charge in [0.15, 0.2) is 0 Å². The van der Waals surface area contributed by atoms with Crippen LogP contribution in [0.1, 0.15) is 5.56 Å². The lowest BCUT2D eigenvalue weighted by Crippen LogP contribution is -1.96. The predicted octanol–water partition coefficient (Wildman–Crippen LogP) is 2.13. The van der Waals surface area contributed by atoms with Gasteiger partial charge in [0.1, 0.15) is 0 Å². The summed E-state index contributed by atoms with van der Waals surface area (Å²) in [5.74, 6) is 0. The molecule has 0 radical (unpaired) electrons. The van der Waals surface area contributed by atoms with E-state index in [-0.39, 0.29) is 0 Å². The minimum absolute atomic E-state index is 0.292. The van der Waals surface area contributed by atoms with Gasteiger partial charge in [0.05, 0.1) is 5.70 Å². The Bertz CT molecular complexity index is 218. The number of benzene rings is 1. The highest BCUT2D eigenvalue weighted by molar-refractivity contribution is 5.60. The van der Waals surface area contributed by atoms with Gasteiger partial charge in [-0.25, -0.2) is 5.54 Å². The second-order valence-electron chi connectivity index (χ2n) is 1.94. The summed E-state index contributed by atoms with van der Waals surface area (Å²) in [6.45, 7) is 3.46. The number of nitrogens with one attached hydrogen (secondary N) is 1. The zero-order valence-electron chi connectivity index (χ0n) is 5.47. The van der Waals surface area contributed by atoms with Crippen molar-refractivity contribution in [2.75, 3.05) is 0 Å². The molecule has 52 valence electrons. The SMILES string of the molecule is C=C(NF)c1ccccc1. The number of halogens is 1. The first-order chi connectivity index (χ1) is 4.84. The van der Waals surface area contributed by atoms with Crippen molar-refractivity contribution < 1.29 is 4.48 Å². The molecule has 0 bridgehead atoms. The van der Waals surface area contributed by atoms with Crippen LogP contribution in [0, 0.1) is 0 Å². The summed E-state index contributed by atoms with van der Waals surface area (Å²) in [6.07, 6.45) is 0. The molecule has 0 heterocycles. The molecule has 1 aromatic carbocycles. The van der Waals surface area contributed by atoms with E-state index in [0.717, 1.165) is 5.56 Å². The maximum atomic E-state index is 11.7. The van der Waals surface area contributed by atoms with Gasteiger partial charge in [0.2, 0.25) is 0 Å². The number of hydrogen-bond donors (Lipinski definition) is 1. The van der Waals surface area contributed by atoms with Crippen molar-refractivity contribution in [3.8, 4) is 0 Å². The van der Waals surface area contributed by atoms with Crippen molar-refractivity contribution in [2.24, 2.45) is 0 Å². The first-order valence-electron chi connectivity index (χ1n) is 2.95. The second-order valence-corrected chi connectivity index (χ2v) is 1.94. The first-order valence-corrected chi connectivity index (χ1v) is 2.95. The second kappa shape index (κ2) is 3.01. The van der Waals surface area contributed by atoms with Crippen LogP contribution in [0.3, 0.4) is 0 Å². The minimum Gasteiger partial charge on any atom is -0.225 e. The van der Waals surface area contributed by atoms with E-state index < -0.39 is 0 Å². The molecule has 0 aliphatic heterocycles. The van der Waals surface area contributed by atoms with Gasteiger partial charge in [-0.15, -0.1) is 4.48 Å². The molecule has 0 aromatic heterocycles. The van der Waals surface area contributed by atoms with E-state index in [4.69, 9.17) is 0 Å². The van der Waals surface area contributed by atoms with Gasteiger partial charge < -0.3 is 0 Å². The Morgan fingerprint density at radius 2 is 1.90 bits per heavy atom. The van der Waals surface area contributed by atoms with Gasteiger partial charge in [-0.05, 0) is 5.56 Å². The quantitative estimate of drug-likeness (QED) is 0.616. The van der Waals surface area contributed by atoms with Crippen molar-refractivity contribution in [2.45, 2.75) is 0 Å². The molecule has 0 aliphatic carbocycles. The molecule has 1 rings (SSSR count).